The monoisotopic (exact) mass is 754 g/mol. The number of carbonyl (C=O) groups excluding carboxylic acids is 1. The van der Waals surface area contributed by atoms with Gasteiger partial charge in [0.1, 0.15) is 0 Å². The van der Waals surface area contributed by atoms with Crippen LogP contribution < -0.4 is 14.9 Å². The molecule has 1 atom stereocenters. The number of hydrogen-bond acceptors (Lipinski definition) is 7. The fourth-order valence-electron chi connectivity index (χ4n) is 6.29. The van der Waals surface area contributed by atoms with Gasteiger partial charge in [0.2, 0.25) is 0 Å². The normalized spacial score (nSPS) is 14.5. The Bertz CT molecular complexity index is 2580. The van der Waals surface area contributed by atoms with E-state index in [0.717, 1.165) is 27.0 Å². The number of nitro benzene ring substituents is 1. The summed E-state index contributed by atoms with van der Waals surface area (Å²) in [5.41, 5.74) is 1.08. The summed E-state index contributed by atoms with van der Waals surface area (Å²) in [6.45, 7) is 1.26. The van der Waals surface area contributed by atoms with Gasteiger partial charge in [0, 0.05) is 28.4 Å². The summed E-state index contributed by atoms with van der Waals surface area (Å²) in [5, 5.41) is 11.8. The van der Waals surface area contributed by atoms with Crippen molar-refractivity contribution in [1.82, 2.24) is 9.13 Å². The maximum absolute atomic E-state index is 14.7. The Balaban J connectivity index is 1.54. The van der Waals surface area contributed by atoms with Gasteiger partial charge < -0.3 is 9.30 Å². The molecule has 1 aliphatic heterocycles. The van der Waals surface area contributed by atoms with Crippen LogP contribution in [-0.4, -0.2) is 32.8 Å². The van der Waals surface area contributed by atoms with Gasteiger partial charge >= 0.3 is 12.1 Å². The number of nitro groups is 1. The molecule has 4 aromatic carbocycles. The van der Waals surface area contributed by atoms with Crippen LogP contribution in [-0.2, 0) is 9.53 Å². The van der Waals surface area contributed by atoms with Crippen LogP contribution in [0.25, 0.3) is 34.3 Å². The van der Waals surface area contributed by atoms with Crippen molar-refractivity contribution in [3.8, 4) is 28.2 Å². The number of carbonyl (C=O) groups is 1. The number of fused-ring (bicyclic) bond motifs is 1. The Morgan fingerprint density at radius 3 is 2.17 bits per heavy atom. The third kappa shape index (κ3) is 6.72. The van der Waals surface area contributed by atoms with Gasteiger partial charge in [-0.05, 0) is 60.0 Å². The molecule has 0 spiro atoms. The SMILES string of the molecule is CCOC(=O)C1=C(C(F)(F)F)N=c2s/c(=C\c3cc(-c4ccccc4)n(-c4ccc([N+](=O)[O-])cc4)c3-c3ccccc3)c(=O)n2[C@@H]1c1ccc(Cl)cc1. The number of alkyl halides is 3. The van der Waals surface area contributed by atoms with E-state index in [1.807, 2.05) is 71.3 Å². The first-order valence-corrected chi connectivity index (χ1v) is 17.3. The molecule has 0 saturated carbocycles. The molecule has 3 heterocycles. The molecule has 0 fully saturated rings. The van der Waals surface area contributed by atoms with Gasteiger partial charge in [-0.25, -0.2) is 9.79 Å². The van der Waals surface area contributed by atoms with Crippen molar-refractivity contribution in [1.29, 1.82) is 0 Å². The molecule has 53 heavy (non-hydrogen) atoms. The fourth-order valence-corrected chi connectivity index (χ4v) is 7.40. The zero-order valence-electron chi connectivity index (χ0n) is 27.6. The largest absolute Gasteiger partial charge is 0.463 e. The van der Waals surface area contributed by atoms with Crippen LogP contribution >= 0.6 is 22.9 Å². The summed E-state index contributed by atoms with van der Waals surface area (Å²) in [7, 11) is 0. The van der Waals surface area contributed by atoms with Gasteiger partial charge in [0.25, 0.3) is 11.2 Å². The second-order valence-electron chi connectivity index (χ2n) is 11.8. The van der Waals surface area contributed by atoms with E-state index in [2.05, 4.69) is 4.99 Å². The summed E-state index contributed by atoms with van der Waals surface area (Å²) in [5.74, 6) is -1.25. The molecule has 0 aliphatic carbocycles. The summed E-state index contributed by atoms with van der Waals surface area (Å²) in [4.78, 5) is 42.3. The molecule has 0 saturated heterocycles. The van der Waals surface area contributed by atoms with Gasteiger partial charge in [-0.15, -0.1) is 0 Å². The van der Waals surface area contributed by atoms with E-state index in [1.165, 1.54) is 43.3 Å². The predicted octanol–water partition coefficient (Wildman–Crippen LogP) is 8.03. The Morgan fingerprint density at radius 1 is 0.962 bits per heavy atom. The average molecular weight is 755 g/mol. The molecular formula is C39H26ClF3N4O5S. The highest BCUT2D eigenvalue weighted by Gasteiger charge is 2.45. The zero-order chi connectivity index (χ0) is 37.4. The number of nitrogens with zero attached hydrogens (tertiary/aromatic N) is 4. The summed E-state index contributed by atoms with van der Waals surface area (Å²) in [6.07, 6.45) is -3.48. The number of esters is 1. The standard InChI is InChI=1S/C39H26ClF3N4O5S/c1-2-52-37(49)32-34(25-13-15-27(40)16-14-25)46-36(48)31(53-38(46)44-35(32)39(41,42)43)22-26-21-30(23-9-5-3-6-10-23)45(33(26)24-11-7-4-8-12-24)28-17-19-29(20-18-28)47(50)51/h3-22,34H,2H2,1H3/b31-22-/t34-/m1/s1. The number of benzene rings is 4. The number of ether oxygens (including phenoxy) is 1. The Labute approximate surface area is 308 Å². The fraction of sp³-hybridized carbons (Fsp3) is 0.103. The number of rotatable bonds is 8. The highest BCUT2D eigenvalue weighted by Crippen LogP contribution is 2.39. The number of thiazole rings is 1. The van der Waals surface area contributed by atoms with Gasteiger partial charge in [-0.3, -0.25) is 19.5 Å². The molecular weight excluding hydrogens is 729 g/mol. The summed E-state index contributed by atoms with van der Waals surface area (Å²) >= 11 is 6.86. The Kier molecular flexibility index (Phi) is 9.45. The molecule has 1 aliphatic rings. The van der Waals surface area contributed by atoms with Crippen LogP contribution in [0.4, 0.5) is 18.9 Å². The number of hydrogen-bond donors (Lipinski definition) is 0. The Hall–Kier alpha value is -6.05. The molecule has 7 rings (SSSR count). The van der Waals surface area contributed by atoms with Crippen molar-refractivity contribution in [3.63, 3.8) is 0 Å². The number of aromatic nitrogens is 2. The molecule has 0 N–H and O–H groups in total. The lowest BCUT2D eigenvalue weighted by atomic mass is 9.95. The van der Waals surface area contributed by atoms with Crippen molar-refractivity contribution in [2.24, 2.45) is 4.99 Å². The quantitative estimate of drug-likeness (QED) is 0.0889. The Morgan fingerprint density at radius 2 is 1.58 bits per heavy atom. The number of halogens is 4. The van der Waals surface area contributed by atoms with Gasteiger partial charge in [-0.2, -0.15) is 13.2 Å². The van der Waals surface area contributed by atoms with Gasteiger partial charge in [0.15, 0.2) is 10.5 Å². The van der Waals surface area contributed by atoms with Crippen LogP contribution in [0.15, 0.2) is 136 Å². The zero-order valence-corrected chi connectivity index (χ0v) is 29.2. The van der Waals surface area contributed by atoms with E-state index in [4.69, 9.17) is 16.3 Å². The van der Waals surface area contributed by atoms with Crippen molar-refractivity contribution < 1.29 is 27.6 Å². The molecule has 0 unspecified atom stereocenters. The molecule has 0 bridgehead atoms. The molecule has 6 aromatic rings. The second-order valence-corrected chi connectivity index (χ2v) is 13.2. The first-order chi connectivity index (χ1) is 25.5. The first-order valence-electron chi connectivity index (χ1n) is 16.1. The van der Waals surface area contributed by atoms with Crippen LogP contribution in [0, 0.1) is 10.1 Å². The van der Waals surface area contributed by atoms with Gasteiger partial charge in [0.05, 0.1) is 39.1 Å². The molecule has 0 amide bonds. The predicted molar refractivity (Wildman–Crippen MR) is 196 cm³/mol. The molecule has 266 valence electrons. The maximum Gasteiger partial charge on any atom is 0.434 e. The van der Waals surface area contributed by atoms with Crippen molar-refractivity contribution in [2.45, 2.75) is 19.1 Å². The minimum Gasteiger partial charge on any atom is -0.463 e. The van der Waals surface area contributed by atoms with Crippen LogP contribution in [0.1, 0.15) is 24.1 Å². The van der Waals surface area contributed by atoms with E-state index < -0.39 is 39.9 Å². The molecule has 2 aromatic heterocycles. The van der Waals surface area contributed by atoms with Crippen LogP contribution in [0.3, 0.4) is 0 Å². The highest BCUT2D eigenvalue weighted by atomic mass is 35.5. The molecule has 14 heteroatoms. The van der Waals surface area contributed by atoms with Crippen molar-refractivity contribution >= 4 is 40.7 Å². The summed E-state index contributed by atoms with van der Waals surface area (Å²) in [6, 6.07) is 30.8. The summed E-state index contributed by atoms with van der Waals surface area (Å²) < 4.78 is 52.1. The van der Waals surface area contributed by atoms with Crippen molar-refractivity contribution in [3.05, 3.63) is 172 Å². The maximum atomic E-state index is 14.7. The third-order valence-electron chi connectivity index (χ3n) is 8.53. The van der Waals surface area contributed by atoms with E-state index in [0.29, 0.717) is 27.7 Å². The minimum atomic E-state index is -5.06. The van der Waals surface area contributed by atoms with E-state index >= 15 is 0 Å². The van der Waals surface area contributed by atoms with Crippen LogP contribution in [0.5, 0.6) is 0 Å². The first kappa shape index (κ1) is 35.4. The topological polar surface area (TPSA) is 109 Å². The smallest absolute Gasteiger partial charge is 0.434 e. The second kappa shape index (κ2) is 14.2. The van der Waals surface area contributed by atoms with E-state index in [9.17, 15) is 32.9 Å². The van der Waals surface area contributed by atoms with Crippen LogP contribution in [0.2, 0.25) is 5.02 Å². The lowest BCUT2D eigenvalue weighted by molar-refractivity contribution is -0.384. The minimum absolute atomic E-state index is 0.0481. The van der Waals surface area contributed by atoms with Gasteiger partial charge in [-0.1, -0.05) is 95.7 Å². The lowest BCUT2D eigenvalue weighted by Gasteiger charge is -2.26. The third-order valence-corrected chi connectivity index (χ3v) is 9.77. The highest BCUT2D eigenvalue weighted by molar-refractivity contribution is 7.07. The number of non-ortho nitro benzene ring substituents is 1. The molecule has 0 radical (unpaired) electrons. The van der Waals surface area contributed by atoms with E-state index in [1.54, 1.807) is 18.2 Å². The lowest BCUT2D eigenvalue weighted by Crippen LogP contribution is -2.41. The molecule has 9 nitrogen and oxygen atoms in total. The van der Waals surface area contributed by atoms with E-state index in [-0.39, 0.29) is 27.2 Å². The van der Waals surface area contributed by atoms with Crippen molar-refractivity contribution in [2.75, 3.05) is 6.61 Å². The average Bonchev–Trinajstić information content (AvgIpc) is 3.68. The number of allylic oxidation sites excluding steroid dienone is 1.